The van der Waals surface area contributed by atoms with Crippen LogP contribution >= 0.6 is 0 Å². The van der Waals surface area contributed by atoms with Crippen LogP contribution in [0.4, 0.5) is 0 Å². The number of carbonyl (C=O) groups is 1. The quantitative estimate of drug-likeness (QED) is 0.327. The molecule has 9 nitrogen and oxygen atoms in total. The zero-order chi connectivity index (χ0) is 27.7. The highest BCUT2D eigenvalue weighted by molar-refractivity contribution is 7.89. The molecule has 0 unspecified atom stereocenters. The fourth-order valence-electron chi connectivity index (χ4n) is 5.50. The van der Waals surface area contributed by atoms with Crippen LogP contribution in [0.25, 0.3) is 0 Å². The number of likely N-dealkylation sites (N-methyl/N-ethyl adjacent to an activating group) is 2. The van der Waals surface area contributed by atoms with Crippen molar-refractivity contribution in [1.29, 1.82) is 0 Å². The molecule has 1 aliphatic carbocycles. The van der Waals surface area contributed by atoms with E-state index in [0.29, 0.717) is 35.4 Å². The van der Waals surface area contributed by atoms with E-state index in [1.165, 1.54) is 37.3 Å². The van der Waals surface area contributed by atoms with Crippen molar-refractivity contribution in [3.63, 3.8) is 0 Å². The summed E-state index contributed by atoms with van der Waals surface area (Å²) in [6.07, 6.45) is 7.21. The molecule has 0 atom stereocenters. The largest absolute Gasteiger partial charge is 0.497 e. The standard InChI is InChI=1S/C28H47N3O6S/c1-22-18-26(35-5)19-23(2)28(22)38(33,34)30(4)14-16-36-21-27(32)29(3)20-24-8-10-25(11-9-24)37-17-15-31-12-6-7-13-31/h18-19,24-25H,6-17,20-21H2,1-5H3/t24-,25-. The third-order valence-corrected chi connectivity index (χ3v) is 9.99. The van der Waals surface area contributed by atoms with Crippen LogP contribution in [0.5, 0.6) is 5.75 Å². The summed E-state index contributed by atoms with van der Waals surface area (Å²) < 4.78 is 44.4. The van der Waals surface area contributed by atoms with E-state index in [0.717, 1.165) is 38.8 Å². The molecule has 0 radical (unpaired) electrons. The van der Waals surface area contributed by atoms with Gasteiger partial charge in [0.25, 0.3) is 0 Å². The molecule has 3 rings (SSSR count). The van der Waals surface area contributed by atoms with Crippen molar-refractivity contribution in [3.05, 3.63) is 23.3 Å². The Kier molecular flexibility index (Phi) is 11.8. The van der Waals surface area contributed by atoms with E-state index in [2.05, 4.69) is 4.90 Å². The lowest BCUT2D eigenvalue weighted by atomic mass is 9.87. The molecular formula is C28H47N3O6S. The molecule has 0 spiro atoms. The van der Waals surface area contributed by atoms with Crippen LogP contribution in [0.1, 0.15) is 49.7 Å². The molecule has 10 heteroatoms. The van der Waals surface area contributed by atoms with Crippen molar-refractivity contribution in [2.24, 2.45) is 5.92 Å². The van der Waals surface area contributed by atoms with Crippen molar-refractivity contribution >= 4 is 15.9 Å². The first-order chi connectivity index (χ1) is 18.1. The van der Waals surface area contributed by atoms with Crippen LogP contribution in [0.15, 0.2) is 17.0 Å². The second kappa shape index (κ2) is 14.6. The predicted octanol–water partition coefficient (Wildman–Crippen LogP) is 3.08. The number of benzene rings is 1. The average molecular weight is 554 g/mol. The Morgan fingerprint density at radius 1 is 1.03 bits per heavy atom. The molecule has 0 aromatic heterocycles. The van der Waals surface area contributed by atoms with Gasteiger partial charge in [-0.25, -0.2) is 8.42 Å². The Morgan fingerprint density at radius 2 is 1.66 bits per heavy atom. The fourth-order valence-corrected chi connectivity index (χ4v) is 7.06. The summed E-state index contributed by atoms with van der Waals surface area (Å²) >= 11 is 0. The van der Waals surface area contributed by atoms with E-state index in [4.69, 9.17) is 14.2 Å². The number of hydrogen-bond acceptors (Lipinski definition) is 7. The third kappa shape index (κ3) is 8.64. The topological polar surface area (TPSA) is 88.6 Å². The molecule has 1 saturated heterocycles. The number of nitrogens with zero attached hydrogens (tertiary/aromatic N) is 3. The molecule has 0 N–H and O–H groups in total. The highest BCUT2D eigenvalue weighted by Gasteiger charge is 2.26. The molecule has 0 bridgehead atoms. The van der Waals surface area contributed by atoms with Crippen molar-refractivity contribution in [1.82, 2.24) is 14.1 Å². The predicted molar refractivity (Wildman–Crippen MR) is 148 cm³/mol. The highest BCUT2D eigenvalue weighted by atomic mass is 32.2. The Balaban J connectivity index is 1.33. The summed E-state index contributed by atoms with van der Waals surface area (Å²) in [4.78, 5) is 17.1. The van der Waals surface area contributed by atoms with Gasteiger partial charge in [-0.1, -0.05) is 0 Å². The van der Waals surface area contributed by atoms with Crippen LogP contribution in [0.3, 0.4) is 0 Å². The van der Waals surface area contributed by atoms with E-state index in [1.807, 2.05) is 7.05 Å². The summed E-state index contributed by atoms with van der Waals surface area (Å²) in [6.45, 7) is 8.76. The normalized spacial score (nSPS) is 20.7. The molecule has 2 fully saturated rings. The van der Waals surface area contributed by atoms with Gasteiger partial charge in [0, 0.05) is 33.7 Å². The number of likely N-dealkylation sites (tertiary alicyclic amines) is 1. The highest BCUT2D eigenvalue weighted by Crippen LogP contribution is 2.28. The van der Waals surface area contributed by atoms with Gasteiger partial charge >= 0.3 is 0 Å². The van der Waals surface area contributed by atoms with Crippen molar-refractivity contribution in [2.45, 2.75) is 63.4 Å². The van der Waals surface area contributed by atoms with Crippen molar-refractivity contribution in [3.8, 4) is 5.75 Å². The molecule has 1 heterocycles. The van der Waals surface area contributed by atoms with Crippen LogP contribution in [-0.4, -0.2) is 108 Å². The first-order valence-electron chi connectivity index (χ1n) is 13.9. The first-order valence-corrected chi connectivity index (χ1v) is 15.3. The number of ether oxygens (including phenoxy) is 3. The lowest BCUT2D eigenvalue weighted by molar-refractivity contribution is -0.135. The van der Waals surface area contributed by atoms with Gasteiger partial charge in [-0.15, -0.1) is 0 Å². The molecular weight excluding hydrogens is 506 g/mol. The van der Waals surface area contributed by atoms with E-state index < -0.39 is 10.0 Å². The molecule has 1 aromatic carbocycles. The summed E-state index contributed by atoms with van der Waals surface area (Å²) in [6, 6.07) is 3.43. The maximum Gasteiger partial charge on any atom is 0.248 e. The van der Waals surface area contributed by atoms with Crippen molar-refractivity contribution < 1.29 is 27.4 Å². The molecule has 216 valence electrons. The summed E-state index contributed by atoms with van der Waals surface area (Å²) in [5, 5.41) is 0. The van der Waals surface area contributed by atoms with Gasteiger partial charge < -0.3 is 24.0 Å². The monoisotopic (exact) mass is 553 g/mol. The van der Waals surface area contributed by atoms with Crippen LogP contribution in [0, 0.1) is 19.8 Å². The number of amides is 1. The van der Waals surface area contributed by atoms with Crippen molar-refractivity contribution in [2.75, 3.05) is 73.7 Å². The van der Waals surface area contributed by atoms with Gasteiger partial charge in [-0.05, 0) is 94.6 Å². The molecule has 1 aromatic rings. The molecule has 1 amide bonds. The van der Waals surface area contributed by atoms with E-state index in [1.54, 1.807) is 38.0 Å². The number of carbonyl (C=O) groups excluding carboxylic acids is 1. The Labute approximate surface area is 229 Å². The minimum Gasteiger partial charge on any atom is -0.497 e. The lowest BCUT2D eigenvalue weighted by Crippen LogP contribution is -2.37. The van der Waals surface area contributed by atoms with E-state index in [-0.39, 0.29) is 30.6 Å². The molecule has 2 aliphatic rings. The molecule has 1 saturated carbocycles. The zero-order valence-electron chi connectivity index (χ0n) is 23.9. The number of rotatable bonds is 14. The SMILES string of the molecule is COc1cc(C)c(S(=O)(=O)N(C)CCOCC(=O)N(C)C[C@H]2CC[C@H](OCCN3CCCC3)CC2)c(C)c1. The van der Waals surface area contributed by atoms with Gasteiger partial charge in [0.1, 0.15) is 12.4 Å². The average Bonchev–Trinajstić information content (AvgIpc) is 3.40. The number of sulfonamides is 1. The molecule has 1 aliphatic heterocycles. The van der Waals surface area contributed by atoms with Crippen LogP contribution in [-0.2, 0) is 24.3 Å². The van der Waals surface area contributed by atoms with Gasteiger partial charge in [0.2, 0.25) is 15.9 Å². The minimum atomic E-state index is -3.69. The fraction of sp³-hybridized carbons (Fsp3) is 0.750. The second-order valence-electron chi connectivity index (χ2n) is 10.8. The van der Waals surface area contributed by atoms with Gasteiger partial charge in [-0.3, -0.25) is 4.79 Å². The van der Waals surface area contributed by atoms with Gasteiger partial charge in [0.05, 0.1) is 31.3 Å². The molecule has 38 heavy (non-hydrogen) atoms. The third-order valence-electron chi connectivity index (χ3n) is 7.83. The summed E-state index contributed by atoms with van der Waals surface area (Å²) in [5.41, 5.74) is 1.27. The van der Waals surface area contributed by atoms with Crippen LogP contribution in [0.2, 0.25) is 0 Å². The number of methoxy groups -OCH3 is 1. The Hall–Kier alpha value is -1.72. The van der Waals surface area contributed by atoms with E-state index in [9.17, 15) is 13.2 Å². The minimum absolute atomic E-state index is 0.0556. The number of hydrogen-bond donors (Lipinski definition) is 0. The van der Waals surface area contributed by atoms with Gasteiger partial charge in [-0.2, -0.15) is 4.31 Å². The summed E-state index contributed by atoms with van der Waals surface area (Å²) in [5.74, 6) is 1.03. The zero-order valence-corrected chi connectivity index (χ0v) is 24.7. The first kappa shape index (κ1) is 30.8. The maximum atomic E-state index is 13.1. The Bertz CT molecular complexity index is 981. The maximum absolute atomic E-state index is 13.1. The summed E-state index contributed by atoms with van der Waals surface area (Å²) in [7, 11) is 1.22. The Morgan fingerprint density at radius 3 is 2.26 bits per heavy atom. The second-order valence-corrected chi connectivity index (χ2v) is 12.8. The number of aryl methyl sites for hydroxylation is 2. The van der Waals surface area contributed by atoms with Crippen LogP contribution < -0.4 is 4.74 Å². The van der Waals surface area contributed by atoms with E-state index >= 15 is 0 Å². The smallest absolute Gasteiger partial charge is 0.248 e. The lowest BCUT2D eigenvalue weighted by Gasteiger charge is -2.31. The van der Waals surface area contributed by atoms with Gasteiger partial charge in [0.15, 0.2) is 0 Å².